The maximum absolute atomic E-state index is 11.6. The molecule has 3 N–H and O–H groups in total. The van der Waals surface area contributed by atoms with Crippen molar-refractivity contribution in [3.05, 3.63) is 0 Å². The number of aliphatic hydroxyl groups excluding tert-OH is 1. The van der Waals surface area contributed by atoms with Gasteiger partial charge in [0.25, 0.3) is 0 Å². The molecule has 0 spiro atoms. The van der Waals surface area contributed by atoms with Crippen LogP contribution >= 0.6 is 0 Å². The Morgan fingerprint density at radius 2 is 1.85 bits per heavy atom. The number of amides is 1. The molecule has 0 aliphatic rings. The molecule has 5 heteroatoms. The summed E-state index contributed by atoms with van der Waals surface area (Å²) in [4.78, 5) is 11.6. The third kappa shape index (κ3) is 8.38. The molecular formula is C15H32N2O3. The van der Waals surface area contributed by atoms with E-state index >= 15 is 0 Å². The highest BCUT2D eigenvalue weighted by Gasteiger charge is 2.22. The third-order valence-corrected chi connectivity index (χ3v) is 3.44. The van der Waals surface area contributed by atoms with Gasteiger partial charge in [-0.1, -0.05) is 20.8 Å². The van der Waals surface area contributed by atoms with Gasteiger partial charge in [0.1, 0.15) is 5.60 Å². The van der Waals surface area contributed by atoms with Crippen LogP contribution in [0.3, 0.4) is 0 Å². The number of alkyl carbamates (subject to hydrolysis) is 1. The summed E-state index contributed by atoms with van der Waals surface area (Å²) in [5.41, 5.74) is -0.587. The lowest BCUT2D eigenvalue weighted by atomic mass is 9.88. The predicted octanol–water partition coefficient (Wildman–Crippen LogP) is 2.29. The number of hydrogen-bond acceptors (Lipinski definition) is 4. The topological polar surface area (TPSA) is 70.6 Å². The molecule has 0 aliphatic heterocycles. The van der Waals surface area contributed by atoms with Crippen molar-refractivity contribution in [3.8, 4) is 0 Å². The van der Waals surface area contributed by atoms with Gasteiger partial charge in [-0.2, -0.15) is 0 Å². The third-order valence-electron chi connectivity index (χ3n) is 3.44. The molecule has 0 aromatic heterocycles. The molecule has 1 amide bonds. The first-order valence-electron chi connectivity index (χ1n) is 7.47. The van der Waals surface area contributed by atoms with Gasteiger partial charge in [0.2, 0.25) is 0 Å². The number of ether oxygens (including phenoxy) is 1. The van der Waals surface area contributed by atoms with E-state index in [0.29, 0.717) is 6.54 Å². The first kappa shape index (κ1) is 19.2. The van der Waals surface area contributed by atoms with Crippen molar-refractivity contribution in [3.63, 3.8) is 0 Å². The second kappa shape index (κ2) is 8.47. The average Bonchev–Trinajstić information content (AvgIpc) is 2.36. The lowest BCUT2D eigenvalue weighted by molar-refractivity contribution is 0.0520. The Morgan fingerprint density at radius 3 is 2.25 bits per heavy atom. The number of hydrogen-bond donors (Lipinski definition) is 3. The summed E-state index contributed by atoms with van der Waals surface area (Å²) in [7, 11) is 0. The quantitative estimate of drug-likeness (QED) is 0.641. The summed E-state index contributed by atoms with van der Waals surface area (Å²) in [6.07, 6.45) is 1.42. The Labute approximate surface area is 123 Å². The van der Waals surface area contributed by atoms with E-state index < -0.39 is 11.7 Å². The summed E-state index contributed by atoms with van der Waals surface area (Å²) in [5, 5.41) is 15.6. The van der Waals surface area contributed by atoms with Crippen molar-refractivity contribution in [2.45, 2.75) is 66.0 Å². The average molecular weight is 288 g/mol. The fourth-order valence-corrected chi connectivity index (χ4v) is 1.56. The van der Waals surface area contributed by atoms with Crippen LogP contribution < -0.4 is 10.6 Å². The van der Waals surface area contributed by atoms with Crippen molar-refractivity contribution in [1.29, 1.82) is 0 Å². The van der Waals surface area contributed by atoms with Crippen molar-refractivity contribution in [1.82, 2.24) is 10.6 Å². The van der Waals surface area contributed by atoms with Crippen LogP contribution in [0.2, 0.25) is 0 Å². The minimum atomic E-state index is -0.475. The van der Waals surface area contributed by atoms with E-state index in [-0.39, 0.29) is 18.1 Å². The Kier molecular flexibility index (Phi) is 8.13. The molecule has 0 bridgehead atoms. The Hall–Kier alpha value is -0.810. The van der Waals surface area contributed by atoms with Crippen molar-refractivity contribution >= 4 is 6.09 Å². The van der Waals surface area contributed by atoms with Gasteiger partial charge in [0, 0.05) is 31.2 Å². The molecule has 0 aromatic carbocycles. The number of carbonyl (C=O) groups is 1. The highest BCUT2D eigenvalue weighted by molar-refractivity contribution is 5.67. The van der Waals surface area contributed by atoms with E-state index in [4.69, 9.17) is 4.74 Å². The second-order valence-corrected chi connectivity index (χ2v) is 6.69. The SMILES string of the molecule is CCC(CNC(=O)OC(C)(C)C)NCC(C)(CC)CO. The largest absolute Gasteiger partial charge is 0.444 e. The minimum Gasteiger partial charge on any atom is -0.444 e. The van der Waals surface area contributed by atoms with Crippen LogP contribution in [-0.4, -0.2) is 42.5 Å². The second-order valence-electron chi connectivity index (χ2n) is 6.69. The zero-order valence-corrected chi connectivity index (χ0v) is 13.9. The van der Waals surface area contributed by atoms with Gasteiger partial charge in [-0.15, -0.1) is 0 Å². The van der Waals surface area contributed by atoms with Crippen LogP contribution in [0.15, 0.2) is 0 Å². The fourth-order valence-electron chi connectivity index (χ4n) is 1.56. The summed E-state index contributed by atoms with van der Waals surface area (Å²) in [6, 6.07) is 0.181. The van der Waals surface area contributed by atoms with Gasteiger partial charge in [-0.05, 0) is 33.6 Å². The molecule has 0 saturated carbocycles. The highest BCUT2D eigenvalue weighted by Crippen LogP contribution is 2.18. The van der Waals surface area contributed by atoms with Crippen LogP contribution in [0.25, 0.3) is 0 Å². The monoisotopic (exact) mass is 288 g/mol. The van der Waals surface area contributed by atoms with E-state index in [0.717, 1.165) is 19.4 Å². The van der Waals surface area contributed by atoms with Crippen molar-refractivity contribution in [2.75, 3.05) is 19.7 Å². The molecule has 5 nitrogen and oxygen atoms in total. The fraction of sp³-hybridized carbons (Fsp3) is 0.933. The lowest BCUT2D eigenvalue weighted by Crippen LogP contribution is -2.46. The standard InChI is InChI=1S/C15H32N2O3/c1-7-12(17-10-15(6,8-2)11-18)9-16-13(19)20-14(3,4)5/h12,17-18H,7-11H2,1-6H3,(H,16,19). The van der Waals surface area contributed by atoms with Crippen LogP contribution in [0.5, 0.6) is 0 Å². The molecule has 2 atom stereocenters. The zero-order valence-electron chi connectivity index (χ0n) is 13.9. The Morgan fingerprint density at radius 1 is 1.25 bits per heavy atom. The van der Waals surface area contributed by atoms with Gasteiger partial charge in [0.05, 0.1) is 0 Å². The normalized spacial score (nSPS) is 16.4. The number of aliphatic hydroxyl groups is 1. The van der Waals surface area contributed by atoms with Gasteiger partial charge in [0.15, 0.2) is 0 Å². The molecule has 0 aliphatic carbocycles. The van der Waals surface area contributed by atoms with Gasteiger partial charge in [-0.25, -0.2) is 4.79 Å². The predicted molar refractivity (Wildman–Crippen MR) is 81.8 cm³/mol. The number of carbonyl (C=O) groups excluding carboxylic acids is 1. The highest BCUT2D eigenvalue weighted by atomic mass is 16.6. The van der Waals surface area contributed by atoms with Crippen LogP contribution in [0.4, 0.5) is 4.79 Å². The molecule has 0 radical (unpaired) electrons. The lowest BCUT2D eigenvalue weighted by Gasteiger charge is -2.29. The molecule has 2 unspecified atom stereocenters. The van der Waals surface area contributed by atoms with Crippen LogP contribution in [-0.2, 0) is 4.74 Å². The van der Waals surface area contributed by atoms with E-state index in [9.17, 15) is 9.90 Å². The van der Waals surface area contributed by atoms with Crippen molar-refractivity contribution in [2.24, 2.45) is 5.41 Å². The zero-order chi connectivity index (χ0) is 15.8. The van der Waals surface area contributed by atoms with E-state index in [2.05, 4.69) is 24.5 Å². The number of nitrogens with one attached hydrogen (secondary N) is 2. The Bertz CT molecular complexity index is 283. The maximum Gasteiger partial charge on any atom is 0.407 e. The molecule has 0 saturated heterocycles. The van der Waals surface area contributed by atoms with Gasteiger partial charge in [-0.3, -0.25) is 0 Å². The summed E-state index contributed by atoms with van der Waals surface area (Å²) in [5.74, 6) is 0. The van der Waals surface area contributed by atoms with Gasteiger partial charge < -0.3 is 20.5 Å². The number of rotatable bonds is 8. The van der Waals surface area contributed by atoms with Crippen molar-refractivity contribution < 1.29 is 14.6 Å². The summed E-state index contributed by atoms with van der Waals surface area (Å²) in [6.45, 7) is 13.1. The van der Waals surface area contributed by atoms with Crippen LogP contribution in [0.1, 0.15) is 54.4 Å². The van der Waals surface area contributed by atoms with E-state index in [1.165, 1.54) is 0 Å². The molecular weight excluding hydrogens is 256 g/mol. The molecule has 0 aromatic rings. The minimum absolute atomic E-state index is 0.112. The first-order valence-corrected chi connectivity index (χ1v) is 7.47. The smallest absolute Gasteiger partial charge is 0.407 e. The molecule has 0 fully saturated rings. The van der Waals surface area contributed by atoms with Gasteiger partial charge >= 0.3 is 6.09 Å². The van der Waals surface area contributed by atoms with E-state index in [1.54, 1.807) is 0 Å². The molecule has 120 valence electrons. The molecule has 0 rings (SSSR count). The first-order chi connectivity index (χ1) is 9.15. The molecule has 20 heavy (non-hydrogen) atoms. The summed E-state index contributed by atoms with van der Waals surface area (Å²) >= 11 is 0. The van der Waals surface area contributed by atoms with Crippen LogP contribution in [0, 0.1) is 5.41 Å². The molecule has 0 heterocycles. The Balaban J connectivity index is 4.14. The van der Waals surface area contributed by atoms with E-state index in [1.807, 2.05) is 27.7 Å². The summed E-state index contributed by atoms with van der Waals surface area (Å²) < 4.78 is 5.20. The maximum atomic E-state index is 11.6.